The molecule has 3 nitrogen and oxygen atoms in total. The summed E-state index contributed by atoms with van der Waals surface area (Å²) >= 11 is 0. The summed E-state index contributed by atoms with van der Waals surface area (Å²) in [5.41, 5.74) is 0.542. The van der Waals surface area contributed by atoms with Gasteiger partial charge in [0.05, 0.1) is 0 Å². The highest BCUT2D eigenvalue weighted by Gasteiger charge is 2.31. The van der Waals surface area contributed by atoms with Crippen LogP contribution in [0.1, 0.15) is 0 Å². The third-order valence-electron chi connectivity index (χ3n) is 2.13. The molecular formula is C12H8F3NO2. The summed E-state index contributed by atoms with van der Waals surface area (Å²) in [6, 6.07) is 8.19. The van der Waals surface area contributed by atoms with Gasteiger partial charge < -0.3 is 9.84 Å². The minimum atomic E-state index is -4.75. The number of aromatic nitrogens is 1. The molecule has 18 heavy (non-hydrogen) atoms. The molecule has 0 amide bonds. The summed E-state index contributed by atoms with van der Waals surface area (Å²) in [5, 5.41) is 9.56. The number of pyridine rings is 1. The fourth-order valence-corrected chi connectivity index (χ4v) is 1.46. The van der Waals surface area contributed by atoms with Gasteiger partial charge in [-0.2, -0.15) is 0 Å². The average molecular weight is 255 g/mol. The molecule has 0 aliphatic carbocycles. The first-order valence-corrected chi connectivity index (χ1v) is 4.96. The first-order chi connectivity index (χ1) is 8.46. The zero-order chi connectivity index (χ0) is 13.2. The Bertz CT molecular complexity index is 555. The lowest BCUT2D eigenvalue weighted by molar-refractivity contribution is -0.274. The van der Waals surface area contributed by atoms with E-state index in [1.54, 1.807) is 0 Å². The van der Waals surface area contributed by atoms with Gasteiger partial charge in [-0.15, -0.1) is 13.2 Å². The molecule has 0 atom stereocenters. The maximum absolute atomic E-state index is 12.1. The molecule has 0 unspecified atom stereocenters. The van der Waals surface area contributed by atoms with Gasteiger partial charge >= 0.3 is 6.36 Å². The van der Waals surface area contributed by atoms with Gasteiger partial charge in [0.2, 0.25) is 0 Å². The summed E-state index contributed by atoms with van der Waals surface area (Å²) in [7, 11) is 0. The van der Waals surface area contributed by atoms with Crippen molar-refractivity contribution in [2.75, 3.05) is 0 Å². The highest BCUT2D eigenvalue weighted by Crippen LogP contribution is 2.30. The molecule has 0 bridgehead atoms. The molecule has 1 N–H and O–H groups in total. The van der Waals surface area contributed by atoms with Crippen LogP contribution in [0.4, 0.5) is 13.2 Å². The van der Waals surface area contributed by atoms with Gasteiger partial charge in [-0.25, -0.2) is 0 Å². The molecule has 0 aliphatic heterocycles. The predicted octanol–water partition coefficient (Wildman–Crippen LogP) is 3.35. The van der Waals surface area contributed by atoms with E-state index < -0.39 is 6.36 Å². The second kappa shape index (κ2) is 4.56. The lowest BCUT2D eigenvalue weighted by atomic mass is 10.1. The molecule has 1 aromatic heterocycles. The van der Waals surface area contributed by atoms with E-state index in [4.69, 9.17) is 0 Å². The van der Waals surface area contributed by atoms with Crippen LogP contribution in [0, 0.1) is 0 Å². The summed E-state index contributed by atoms with van der Waals surface area (Å²) in [4.78, 5) is 3.90. The van der Waals surface area contributed by atoms with Crippen molar-refractivity contribution < 1.29 is 23.0 Å². The standard InChI is InChI=1S/C12H8F3NO2/c13-12(14,15)18-9-4-1-3-8(7-9)11-10(17)5-2-6-16-11/h1-7,17H. The first-order valence-electron chi connectivity index (χ1n) is 4.96. The van der Waals surface area contributed by atoms with Crippen molar-refractivity contribution in [2.45, 2.75) is 6.36 Å². The van der Waals surface area contributed by atoms with Gasteiger partial charge in [-0.05, 0) is 24.3 Å². The van der Waals surface area contributed by atoms with Gasteiger partial charge in [-0.1, -0.05) is 12.1 Å². The molecule has 1 heterocycles. The third kappa shape index (κ3) is 2.91. The van der Waals surface area contributed by atoms with Crippen LogP contribution in [0.25, 0.3) is 11.3 Å². The summed E-state index contributed by atoms with van der Waals surface area (Å²) in [6.07, 6.45) is -3.31. The fourth-order valence-electron chi connectivity index (χ4n) is 1.46. The largest absolute Gasteiger partial charge is 0.573 e. The number of hydrogen-bond acceptors (Lipinski definition) is 3. The molecule has 2 rings (SSSR count). The van der Waals surface area contributed by atoms with E-state index in [-0.39, 0.29) is 17.2 Å². The zero-order valence-corrected chi connectivity index (χ0v) is 8.98. The van der Waals surface area contributed by atoms with E-state index in [1.165, 1.54) is 36.5 Å². The number of alkyl halides is 3. The molecule has 94 valence electrons. The van der Waals surface area contributed by atoms with E-state index in [0.717, 1.165) is 6.07 Å². The van der Waals surface area contributed by atoms with Crippen LogP contribution in [0.15, 0.2) is 42.6 Å². The van der Waals surface area contributed by atoms with Crippen LogP contribution in [-0.2, 0) is 0 Å². The number of halogens is 3. The maximum atomic E-state index is 12.1. The Morgan fingerprint density at radius 3 is 2.56 bits per heavy atom. The van der Waals surface area contributed by atoms with Crippen LogP contribution in [0.2, 0.25) is 0 Å². The lowest BCUT2D eigenvalue weighted by Gasteiger charge is -2.10. The van der Waals surface area contributed by atoms with Crippen molar-refractivity contribution in [3.63, 3.8) is 0 Å². The lowest BCUT2D eigenvalue weighted by Crippen LogP contribution is -2.17. The van der Waals surface area contributed by atoms with E-state index in [2.05, 4.69) is 9.72 Å². The molecule has 0 radical (unpaired) electrons. The van der Waals surface area contributed by atoms with Crippen LogP contribution in [-0.4, -0.2) is 16.5 Å². The Labute approximate surface area is 100 Å². The normalized spacial score (nSPS) is 11.3. The second-order valence-electron chi connectivity index (χ2n) is 3.45. The van der Waals surface area contributed by atoms with Crippen molar-refractivity contribution in [1.82, 2.24) is 4.98 Å². The van der Waals surface area contributed by atoms with E-state index in [0.29, 0.717) is 5.56 Å². The monoisotopic (exact) mass is 255 g/mol. The summed E-state index contributed by atoms with van der Waals surface area (Å²) in [5.74, 6) is -0.466. The number of aromatic hydroxyl groups is 1. The molecule has 0 spiro atoms. The highest BCUT2D eigenvalue weighted by molar-refractivity contribution is 5.66. The van der Waals surface area contributed by atoms with Gasteiger partial charge in [0.15, 0.2) is 0 Å². The fraction of sp³-hybridized carbons (Fsp3) is 0.0833. The zero-order valence-electron chi connectivity index (χ0n) is 8.98. The Kier molecular flexibility index (Phi) is 3.10. The Morgan fingerprint density at radius 1 is 1.11 bits per heavy atom. The van der Waals surface area contributed by atoms with E-state index in [9.17, 15) is 18.3 Å². The Morgan fingerprint density at radius 2 is 1.89 bits per heavy atom. The van der Waals surface area contributed by atoms with Gasteiger partial charge in [0.1, 0.15) is 17.2 Å². The summed E-state index contributed by atoms with van der Waals surface area (Å²) in [6.45, 7) is 0. The van der Waals surface area contributed by atoms with Crippen molar-refractivity contribution >= 4 is 0 Å². The SMILES string of the molecule is Oc1cccnc1-c1cccc(OC(F)(F)F)c1. The minimum absolute atomic E-state index is 0.110. The molecule has 0 saturated carbocycles. The predicted molar refractivity (Wildman–Crippen MR) is 58.0 cm³/mol. The number of nitrogens with zero attached hydrogens (tertiary/aromatic N) is 1. The number of hydrogen-bond donors (Lipinski definition) is 1. The van der Waals surface area contributed by atoms with E-state index >= 15 is 0 Å². The quantitative estimate of drug-likeness (QED) is 0.894. The minimum Gasteiger partial charge on any atom is -0.506 e. The van der Waals surface area contributed by atoms with Crippen LogP contribution < -0.4 is 4.74 Å². The Balaban J connectivity index is 2.36. The molecule has 0 fully saturated rings. The molecule has 1 aromatic carbocycles. The van der Waals surface area contributed by atoms with Crippen molar-refractivity contribution in [1.29, 1.82) is 0 Å². The molecule has 0 aliphatic rings. The molecule has 0 saturated heterocycles. The Hall–Kier alpha value is -2.24. The molecule has 2 aromatic rings. The number of benzene rings is 1. The first kappa shape index (κ1) is 12.2. The van der Waals surface area contributed by atoms with Crippen LogP contribution >= 0.6 is 0 Å². The van der Waals surface area contributed by atoms with Crippen molar-refractivity contribution in [3.8, 4) is 22.8 Å². The van der Waals surface area contributed by atoms with Crippen molar-refractivity contribution in [2.24, 2.45) is 0 Å². The van der Waals surface area contributed by atoms with Gasteiger partial charge in [0.25, 0.3) is 0 Å². The van der Waals surface area contributed by atoms with E-state index in [1.807, 2.05) is 0 Å². The second-order valence-corrected chi connectivity index (χ2v) is 3.45. The van der Waals surface area contributed by atoms with Crippen LogP contribution in [0.5, 0.6) is 11.5 Å². The number of ether oxygens (including phenoxy) is 1. The van der Waals surface area contributed by atoms with Crippen molar-refractivity contribution in [3.05, 3.63) is 42.6 Å². The molecular weight excluding hydrogens is 247 g/mol. The maximum Gasteiger partial charge on any atom is 0.573 e. The third-order valence-corrected chi connectivity index (χ3v) is 2.13. The molecule has 6 heteroatoms. The topological polar surface area (TPSA) is 42.4 Å². The van der Waals surface area contributed by atoms with Crippen LogP contribution in [0.3, 0.4) is 0 Å². The van der Waals surface area contributed by atoms with Gasteiger partial charge in [-0.3, -0.25) is 4.98 Å². The highest BCUT2D eigenvalue weighted by atomic mass is 19.4. The smallest absolute Gasteiger partial charge is 0.506 e. The average Bonchev–Trinajstić information content (AvgIpc) is 2.27. The summed E-state index contributed by atoms with van der Waals surface area (Å²) < 4.78 is 40.0. The number of rotatable bonds is 2. The van der Waals surface area contributed by atoms with Gasteiger partial charge in [0, 0.05) is 11.8 Å².